The van der Waals surface area contributed by atoms with Crippen LogP contribution in [0.1, 0.15) is 6.42 Å². The minimum Gasteiger partial charge on any atom is -0.377 e. The van der Waals surface area contributed by atoms with E-state index < -0.39 is 0 Å². The highest BCUT2D eigenvalue weighted by Gasteiger charge is 1.96. The van der Waals surface area contributed by atoms with Crippen LogP contribution in [0, 0.1) is 0 Å². The van der Waals surface area contributed by atoms with Gasteiger partial charge in [-0.1, -0.05) is 0 Å². The third-order valence-corrected chi connectivity index (χ3v) is 1.89. The number of rotatable bonds is 0. The summed E-state index contributed by atoms with van der Waals surface area (Å²) in [6.07, 6.45) is 3.23. The molecule has 0 saturated carbocycles. The van der Waals surface area contributed by atoms with Crippen LogP contribution in [-0.2, 0) is 4.74 Å². The summed E-state index contributed by atoms with van der Waals surface area (Å²) >= 11 is 2.34. The number of halogens is 1. The molecule has 0 bridgehead atoms. The maximum absolute atomic E-state index is 5.06. The second-order valence-electron chi connectivity index (χ2n) is 1.48. The lowest BCUT2D eigenvalue weighted by Crippen LogP contribution is -1.99. The molecule has 1 aliphatic heterocycles. The molecule has 40 valence electrons. The third-order valence-electron chi connectivity index (χ3n) is 0.908. The highest BCUT2D eigenvalue weighted by atomic mass is 127. The van der Waals surface area contributed by atoms with E-state index in [2.05, 4.69) is 28.7 Å². The van der Waals surface area contributed by atoms with Crippen LogP contribution in [0.5, 0.6) is 0 Å². The fourth-order valence-electron chi connectivity index (χ4n) is 0.504. The van der Waals surface area contributed by atoms with E-state index in [4.69, 9.17) is 4.74 Å². The second-order valence-corrected chi connectivity index (χ2v) is 2.86. The van der Waals surface area contributed by atoms with Crippen LogP contribution in [0.3, 0.4) is 0 Å². The Morgan fingerprint density at radius 1 is 1.71 bits per heavy atom. The van der Waals surface area contributed by atoms with Gasteiger partial charge in [-0.05, 0) is 32.2 Å². The quantitative estimate of drug-likeness (QED) is 0.553. The summed E-state index contributed by atoms with van der Waals surface area (Å²) in [6.45, 7) is 1.73. The van der Waals surface area contributed by atoms with Gasteiger partial charge in [-0.3, -0.25) is 0 Å². The van der Waals surface area contributed by atoms with Crippen molar-refractivity contribution in [1.82, 2.24) is 0 Å². The van der Waals surface area contributed by atoms with Crippen molar-refractivity contribution in [2.75, 3.05) is 13.2 Å². The topological polar surface area (TPSA) is 9.23 Å². The van der Waals surface area contributed by atoms with Gasteiger partial charge in [0.05, 0.1) is 13.2 Å². The molecule has 0 saturated heterocycles. The van der Waals surface area contributed by atoms with Gasteiger partial charge >= 0.3 is 0 Å². The van der Waals surface area contributed by atoms with Crippen LogP contribution in [0.4, 0.5) is 0 Å². The highest BCUT2D eigenvalue weighted by Crippen LogP contribution is 2.13. The van der Waals surface area contributed by atoms with Crippen molar-refractivity contribution in [2.45, 2.75) is 6.42 Å². The molecule has 0 atom stereocenters. The lowest BCUT2D eigenvalue weighted by Gasteiger charge is -2.06. The van der Waals surface area contributed by atoms with Crippen molar-refractivity contribution in [3.8, 4) is 0 Å². The van der Waals surface area contributed by atoms with Crippen LogP contribution < -0.4 is 0 Å². The largest absolute Gasteiger partial charge is 0.377 e. The highest BCUT2D eigenvalue weighted by molar-refractivity contribution is 14.1. The lowest BCUT2D eigenvalue weighted by atomic mass is 10.3. The van der Waals surface area contributed by atoms with E-state index in [0.29, 0.717) is 0 Å². The molecule has 2 heteroatoms. The first-order valence-corrected chi connectivity index (χ1v) is 3.40. The van der Waals surface area contributed by atoms with Crippen molar-refractivity contribution < 1.29 is 4.74 Å². The summed E-state index contributed by atoms with van der Waals surface area (Å²) in [4.78, 5) is 0. The maximum Gasteiger partial charge on any atom is 0.0657 e. The van der Waals surface area contributed by atoms with Gasteiger partial charge in [0, 0.05) is 6.42 Å². The van der Waals surface area contributed by atoms with Gasteiger partial charge in [0.25, 0.3) is 0 Å². The molecular weight excluding hydrogens is 203 g/mol. The van der Waals surface area contributed by atoms with Crippen LogP contribution in [0.15, 0.2) is 9.66 Å². The number of hydrogen-bond donors (Lipinski definition) is 0. The van der Waals surface area contributed by atoms with Crippen molar-refractivity contribution >= 4 is 22.6 Å². The van der Waals surface area contributed by atoms with Gasteiger partial charge in [-0.2, -0.15) is 0 Å². The molecule has 1 rings (SSSR count). The Hall–Kier alpha value is 0.430. The minimum atomic E-state index is 0.818. The van der Waals surface area contributed by atoms with Crippen LogP contribution in [0.2, 0.25) is 0 Å². The van der Waals surface area contributed by atoms with E-state index in [1.807, 2.05) is 0 Å². The zero-order chi connectivity index (χ0) is 5.11. The van der Waals surface area contributed by atoms with Crippen molar-refractivity contribution in [3.63, 3.8) is 0 Å². The van der Waals surface area contributed by atoms with Gasteiger partial charge in [0.2, 0.25) is 0 Å². The average Bonchev–Trinajstić information content (AvgIpc) is 1.69. The van der Waals surface area contributed by atoms with Crippen LogP contribution in [-0.4, -0.2) is 13.2 Å². The smallest absolute Gasteiger partial charge is 0.0657 e. The summed E-state index contributed by atoms with van der Waals surface area (Å²) in [6, 6.07) is 0. The molecule has 0 amide bonds. The number of hydrogen-bond acceptors (Lipinski definition) is 1. The van der Waals surface area contributed by atoms with Crippen LogP contribution >= 0.6 is 22.6 Å². The van der Waals surface area contributed by atoms with E-state index in [0.717, 1.165) is 19.6 Å². The van der Waals surface area contributed by atoms with Gasteiger partial charge in [-0.15, -0.1) is 0 Å². The van der Waals surface area contributed by atoms with Gasteiger partial charge in [-0.25, -0.2) is 0 Å². The summed E-state index contributed by atoms with van der Waals surface area (Å²) in [5.41, 5.74) is 0. The molecule has 0 aromatic carbocycles. The summed E-state index contributed by atoms with van der Waals surface area (Å²) < 4.78 is 6.49. The van der Waals surface area contributed by atoms with E-state index in [9.17, 15) is 0 Å². The predicted octanol–water partition coefficient (Wildman–Crippen LogP) is 1.73. The molecule has 1 nitrogen and oxygen atoms in total. The number of ether oxygens (including phenoxy) is 1. The predicted molar refractivity (Wildman–Crippen MR) is 37.5 cm³/mol. The Morgan fingerprint density at radius 3 is 2.86 bits per heavy atom. The van der Waals surface area contributed by atoms with E-state index in [1.54, 1.807) is 0 Å². The molecular formula is C5H7IO. The maximum atomic E-state index is 5.06. The molecule has 0 aromatic rings. The zero-order valence-corrected chi connectivity index (χ0v) is 6.14. The molecule has 1 aliphatic rings. The Kier molecular flexibility index (Phi) is 2.12. The Morgan fingerprint density at radius 2 is 2.57 bits per heavy atom. The van der Waals surface area contributed by atoms with Gasteiger partial charge < -0.3 is 4.74 Å². The van der Waals surface area contributed by atoms with E-state index in [1.165, 1.54) is 3.58 Å². The lowest BCUT2D eigenvalue weighted by molar-refractivity contribution is 0.158. The normalized spacial score (nSPS) is 21.6. The molecule has 1 heterocycles. The first-order valence-electron chi connectivity index (χ1n) is 2.32. The van der Waals surface area contributed by atoms with Gasteiger partial charge in [0.1, 0.15) is 0 Å². The van der Waals surface area contributed by atoms with E-state index >= 15 is 0 Å². The molecule has 0 unspecified atom stereocenters. The van der Waals surface area contributed by atoms with Gasteiger partial charge in [0.15, 0.2) is 0 Å². The summed E-state index contributed by atoms with van der Waals surface area (Å²) in [7, 11) is 0. The molecule has 0 aliphatic carbocycles. The second kappa shape index (κ2) is 2.67. The zero-order valence-electron chi connectivity index (χ0n) is 3.98. The fraction of sp³-hybridized carbons (Fsp3) is 0.600. The summed E-state index contributed by atoms with van der Waals surface area (Å²) in [5, 5.41) is 0. The van der Waals surface area contributed by atoms with E-state index in [-0.39, 0.29) is 0 Å². The molecule has 0 aromatic heterocycles. The first-order chi connectivity index (χ1) is 3.39. The SMILES string of the molecule is IC1=CCOCC1. The fourth-order valence-corrected chi connectivity index (χ4v) is 0.904. The minimum absolute atomic E-state index is 0.818. The Balaban J connectivity index is 2.40. The third kappa shape index (κ3) is 1.78. The van der Waals surface area contributed by atoms with Crippen molar-refractivity contribution in [2.24, 2.45) is 0 Å². The Bertz CT molecular complexity index is 88.1. The summed E-state index contributed by atoms with van der Waals surface area (Å²) in [5.74, 6) is 0. The van der Waals surface area contributed by atoms with Crippen molar-refractivity contribution in [1.29, 1.82) is 0 Å². The molecule has 0 spiro atoms. The average molecular weight is 210 g/mol. The molecule has 0 fully saturated rings. The molecule has 7 heavy (non-hydrogen) atoms. The first kappa shape index (κ1) is 5.56. The molecule has 0 radical (unpaired) electrons. The van der Waals surface area contributed by atoms with Crippen LogP contribution in [0.25, 0.3) is 0 Å². The van der Waals surface area contributed by atoms with Crippen molar-refractivity contribution in [3.05, 3.63) is 9.66 Å². The Labute approximate surface area is 56.9 Å². The standard InChI is InChI=1S/C5H7IO/c6-5-1-3-7-4-2-5/h1H,2-4H2. The monoisotopic (exact) mass is 210 g/mol. The molecule has 0 N–H and O–H groups in total.